The molecule has 8 nitrogen and oxygen atoms in total. The SMILES string of the molecule is CCCC1=C(C)c2cc3[n-]c(cc4nc(c5c6[n-]c(cc1n2)c(CC)c6C(=O)C5)[C@@H](CCC(=O)O)[C@@H]4C)c(C)c3C(C)O.[Mg+2]. The topological polar surface area (TPSA) is 129 Å². The molecule has 3 atom stereocenters. The Hall–Kier alpha value is -3.27. The number of ketones is 1. The summed E-state index contributed by atoms with van der Waals surface area (Å²) in [6, 6.07) is 5.94. The fourth-order valence-electron chi connectivity index (χ4n) is 7.18. The Morgan fingerprint density at radius 2 is 1.80 bits per heavy atom. The number of carbonyl (C=O) groups is 2. The van der Waals surface area contributed by atoms with Crippen LogP contribution in [-0.2, 0) is 17.6 Å². The van der Waals surface area contributed by atoms with Gasteiger partial charge in [0.25, 0.3) is 0 Å². The monoisotopic (exact) mass is 602 g/mol. The van der Waals surface area contributed by atoms with Gasteiger partial charge < -0.3 is 20.2 Å². The summed E-state index contributed by atoms with van der Waals surface area (Å²) in [7, 11) is 0. The van der Waals surface area contributed by atoms with Crippen LogP contribution in [0.3, 0.4) is 0 Å². The van der Waals surface area contributed by atoms with Crippen LogP contribution in [0.15, 0.2) is 18.2 Å². The van der Waals surface area contributed by atoms with Gasteiger partial charge in [0.05, 0.1) is 17.5 Å². The van der Waals surface area contributed by atoms with E-state index in [-0.39, 0.29) is 53.5 Å². The van der Waals surface area contributed by atoms with E-state index in [0.29, 0.717) is 29.4 Å². The van der Waals surface area contributed by atoms with Crippen LogP contribution in [0.4, 0.5) is 0 Å². The zero-order chi connectivity index (χ0) is 30.7. The molecule has 8 bridgehead atoms. The molecule has 6 rings (SSSR count). The number of carboxylic acid groups (broad SMARTS) is 1. The van der Waals surface area contributed by atoms with Crippen molar-refractivity contribution in [2.24, 2.45) is 0 Å². The van der Waals surface area contributed by atoms with Crippen LogP contribution in [0.2, 0.25) is 0 Å². The maximum Gasteiger partial charge on any atom is 2.00 e. The fraction of sp³-hybridized carbons (Fsp3) is 0.429. The minimum absolute atomic E-state index is 0. The van der Waals surface area contributed by atoms with Crippen molar-refractivity contribution in [3.05, 3.63) is 68.8 Å². The van der Waals surface area contributed by atoms with E-state index in [1.165, 1.54) is 0 Å². The van der Waals surface area contributed by atoms with Crippen LogP contribution >= 0.6 is 0 Å². The van der Waals surface area contributed by atoms with E-state index in [2.05, 4.69) is 20.8 Å². The van der Waals surface area contributed by atoms with Gasteiger partial charge in [-0.25, -0.2) is 4.98 Å². The number of aryl methyl sites for hydroxylation is 2. The third-order valence-electron chi connectivity index (χ3n) is 9.43. The molecule has 1 aliphatic carbocycles. The zero-order valence-corrected chi connectivity index (χ0v) is 27.8. The van der Waals surface area contributed by atoms with E-state index >= 15 is 0 Å². The molecular formula is C35H38MgN4O4. The molecule has 0 saturated heterocycles. The number of fused-ring (bicyclic) bond motifs is 8. The molecule has 2 aliphatic heterocycles. The molecule has 3 aromatic heterocycles. The second kappa shape index (κ2) is 12.3. The van der Waals surface area contributed by atoms with Crippen molar-refractivity contribution in [2.75, 3.05) is 0 Å². The van der Waals surface area contributed by atoms with Gasteiger partial charge >= 0.3 is 29.0 Å². The van der Waals surface area contributed by atoms with E-state index < -0.39 is 12.1 Å². The van der Waals surface area contributed by atoms with Crippen molar-refractivity contribution in [1.82, 2.24) is 19.9 Å². The van der Waals surface area contributed by atoms with Crippen molar-refractivity contribution in [1.29, 1.82) is 0 Å². The summed E-state index contributed by atoms with van der Waals surface area (Å²) in [5, 5.41) is 20.4. The summed E-state index contributed by atoms with van der Waals surface area (Å²) < 4.78 is 0. The minimum Gasteiger partial charge on any atom is -0.657 e. The second-order valence-corrected chi connectivity index (χ2v) is 12.1. The number of hydrogen-bond donors (Lipinski definition) is 2. The molecule has 0 fully saturated rings. The Kier molecular flexibility index (Phi) is 8.95. The number of aliphatic hydroxyl groups is 1. The van der Waals surface area contributed by atoms with Crippen LogP contribution in [0.25, 0.3) is 33.2 Å². The van der Waals surface area contributed by atoms with Crippen LogP contribution in [0.5, 0.6) is 0 Å². The molecular weight excluding hydrogens is 565 g/mol. The summed E-state index contributed by atoms with van der Waals surface area (Å²) in [6.45, 7) is 12.0. The standard InChI is InChI=1S/C35H40N4O4.Mg/c1-7-9-21-16(3)24-14-29-32(19(6)40)18(5)26(37-29)13-25-17(4)22(10-11-31(42)43)34(38-25)23-12-30(41)33-20(8-2)27(39-35(23)33)15-28(21)36-24;/h13-15,17,19,22,40H,7-12H2,1-6H3,(H3,36,37,38,39,41,42,43);/q;+2/p-2/t17-,19?,22-;/m0./s1. The number of aromatic nitrogens is 4. The normalized spacial score (nSPS) is 18.1. The molecule has 0 radical (unpaired) electrons. The molecule has 0 saturated carbocycles. The number of aliphatic hydroxyl groups excluding tert-OH is 1. The van der Waals surface area contributed by atoms with Crippen LogP contribution in [-0.4, -0.2) is 55.0 Å². The Morgan fingerprint density at radius 3 is 2.45 bits per heavy atom. The maximum absolute atomic E-state index is 13.6. The third kappa shape index (κ3) is 5.22. The van der Waals surface area contributed by atoms with Gasteiger partial charge in [-0.3, -0.25) is 14.6 Å². The zero-order valence-electron chi connectivity index (χ0n) is 26.4. The van der Waals surface area contributed by atoms with E-state index in [0.717, 1.165) is 80.1 Å². The predicted molar refractivity (Wildman–Crippen MR) is 173 cm³/mol. The molecule has 3 aromatic rings. The van der Waals surface area contributed by atoms with E-state index in [4.69, 9.17) is 19.9 Å². The molecule has 2 N–H and O–H groups in total. The van der Waals surface area contributed by atoms with Crippen molar-refractivity contribution >= 4 is 68.0 Å². The van der Waals surface area contributed by atoms with Crippen LogP contribution in [0, 0.1) is 6.92 Å². The van der Waals surface area contributed by atoms with Gasteiger partial charge in [-0.1, -0.05) is 56.5 Å². The third-order valence-corrected chi connectivity index (χ3v) is 9.43. The number of aliphatic carboxylic acids is 1. The maximum atomic E-state index is 13.6. The van der Waals surface area contributed by atoms with Crippen molar-refractivity contribution in [2.45, 2.75) is 98.0 Å². The minimum atomic E-state index is -0.859. The first-order chi connectivity index (χ1) is 20.5. The smallest absolute Gasteiger partial charge is 0.657 e. The van der Waals surface area contributed by atoms with Gasteiger partial charge in [0.15, 0.2) is 5.78 Å². The second-order valence-electron chi connectivity index (χ2n) is 12.1. The van der Waals surface area contributed by atoms with E-state index in [9.17, 15) is 19.8 Å². The van der Waals surface area contributed by atoms with Gasteiger partial charge in [-0.15, -0.1) is 22.1 Å². The molecule has 0 aromatic carbocycles. The molecule has 44 heavy (non-hydrogen) atoms. The first-order valence-electron chi connectivity index (χ1n) is 15.4. The largest absolute Gasteiger partial charge is 2.00 e. The molecule has 1 unspecified atom stereocenters. The quantitative estimate of drug-likeness (QED) is 0.300. The molecule has 0 amide bonds. The van der Waals surface area contributed by atoms with Crippen molar-refractivity contribution in [3.8, 4) is 0 Å². The number of carbonyl (C=O) groups excluding carboxylic acids is 1. The van der Waals surface area contributed by atoms with E-state index in [1.54, 1.807) is 6.92 Å². The number of carboxylic acids is 1. The fourth-order valence-corrected chi connectivity index (χ4v) is 7.18. The number of allylic oxidation sites excluding steroid dienone is 2. The average molecular weight is 603 g/mol. The van der Waals surface area contributed by atoms with Crippen molar-refractivity contribution < 1.29 is 19.8 Å². The Balaban J connectivity index is 0.00000384. The Morgan fingerprint density at radius 1 is 1.07 bits per heavy atom. The summed E-state index contributed by atoms with van der Waals surface area (Å²) in [5.74, 6) is -1.08. The summed E-state index contributed by atoms with van der Waals surface area (Å²) in [6.07, 6.45) is 2.36. The van der Waals surface area contributed by atoms with Crippen LogP contribution < -0.4 is 9.97 Å². The number of rotatable bonds is 7. The van der Waals surface area contributed by atoms with Crippen LogP contribution in [0.1, 0.15) is 134 Å². The molecule has 9 heteroatoms. The van der Waals surface area contributed by atoms with Gasteiger partial charge in [-0.05, 0) is 62.3 Å². The molecule has 5 heterocycles. The Labute approximate surface area is 273 Å². The first kappa shape index (κ1) is 32.1. The first-order valence-corrected chi connectivity index (χ1v) is 15.4. The summed E-state index contributed by atoms with van der Waals surface area (Å²) in [5.41, 5.74) is 12.3. The average Bonchev–Trinajstić information content (AvgIpc) is 3.70. The van der Waals surface area contributed by atoms with Gasteiger partial charge in [-0.2, -0.15) is 0 Å². The number of hydrogen-bond acceptors (Lipinski definition) is 5. The summed E-state index contributed by atoms with van der Waals surface area (Å²) >= 11 is 0. The number of Topliss-reactive ketones (excluding diaryl/α,β-unsaturated/α-hetero) is 1. The van der Waals surface area contributed by atoms with Crippen molar-refractivity contribution in [3.63, 3.8) is 0 Å². The predicted octanol–water partition coefficient (Wildman–Crippen LogP) is 6.34. The van der Waals surface area contributed by atoms with Gasteiger partial charge in [0, 0.05) is 41.6 Å². The molecule has 224 valence electrons. The van der Waals surface area contributed by atoms with Gasteiger partial charge in [0.2, 0.25) is 0 Å². The van der Waals surface area contributed by atoms with Gasteiger partial charge in [0.1, 0.15) is 0 Å². The Bertz CT molecular complexity index is 1880. The molecule has 0 spiro atoms. The van der Waals surface area contributed by atoms with E-state index in [1.807, 2.05) is 32.0 Å². The summed E-state index contributed by atoms with van der Waals surface area (Å²) in [4.78, 5) is 45.4. The molecule has 3 aliphatic rings. The number of nitrogens with zero attached hydrogens (tertiary/aromatic N) is 4.